The molecule has 3 heterocycles. The van der Waals surface area contributed by atoms with E-state index < -0.39 is 9.84 Å². The summed E-state index contributed by atoms with van der Waals surface area (Å²) in [5.41, 5.74) is 1.57. The van der Waals surface area contributed by atoms with E-state index in [-0.39, 0.29) is 22.6 Å². The highest BCUT2D eigenvalue weighted by Crippen LogP contribution is 2.33. The van der Waals surface area contributed by atoms with E-state index in [0.717, 1.165) is 18.4 Å². The van der Waals surface area contributed by atoms with Crippen molar-refractivity contribution < 1.29 is 13.2 Å². The second-order valence-corrected chi connectivity index (χ2v) is 9.73. The van der Waals surface area contributed by atoms with Crippen LogP contribution < -0.4 is 0 Å². The van der Waals surface area contributed by atoms with Gasteiger partial charge in [0.05, 0.1) is 17.8 Å². The summed E-state index contributed by atoms with van der Waals surface area (Å²) in [6.45, 7) is 3.13. The van der Waals surface area contributed by atoms with Crippen LogP contribution in [0.25, 0.3) is 5.78 Å². The Hall–Kier alpha value is -2.81. The van der Waals surface area contributed by atoms with Crippen molar-refractivity contribution in [3.63, 3.8) is 0 Å². The first-order chi connectivity index (χ1) is 14.4. The zero-order valence-electron chi connectivity index (χ0n) is 17.1. The van der Waals surface area contributed by atoms with Gasteiger partial charge in [0.15, 0.2) is 9.84 Å². The van der Waals surface area contributed by atoms with Crippen LogP contribution in [0, 0.1) is 0 Å². The first-order valence-electron chi connectivity index (χ1n) is 10.1. The van der Waals surface area contributed by atoms with Crippen LogP contribution in [-0.4, -0.2) is 58.2 Å². The number of amides is 1. The molecule has 2 aromatic heterocycles. The lowest BCUT2D eigenvalue weighted by molar-refractivity contribution is -0.134. The van der Waals surface area contributed by atoms with Crippen LogP contribution in [0.15, 0.2) is 47.8 Å². The van der Waals surface area contributed by atoms with Gasteiger partial charge in [0.1, 0.15) is 11.2 Å². The van der Waals surface area contributed by atoms with Crippen LogP contribution >= 0.6 is 0 Å². The Kier molecular flexibility index (Phi) is 5.55. The smallest absolute Gasteiger partial charge is 0.252 e. The quantitative estimate of drug-likeness (QED) is 0.620. The van der Waals surface area contributed by atoms with Gasteiger partial charge in [0, 0.05) is 25.3 Å². The maximum atomic E-state index is 13.4. The monoisotopic (exact) mass is 427 g/mol. The van der Waals surface area contributed by atoms with Gasteiger partial charge in [-0.15, -0.1) is 0 Å². The summed E-state index contributed by atoms with van der Waals surface area (Å²) in [5, 5.41) is 4.21. The summed E-state index contributed by atoms with van der Waals surface area (Å²) >= 11 is 0. The minimum absolute atomic E-state index is 0.0817. The van der Waals surface area contributed by atoms with Crippen LogP contribution in [0.1, 0.15) is 49.3 Å². The van der Waals surface area contributed by atoms with E-state index in [2.05, 4.69) is 15.1 Å². The van der Waals surface area contributed by atoms with Gasteiger partial charge in [-0.25, -0.2) is 13.4 Å². The van der Waals surface area contributed by atoms with Crippen LogP contribution in [0.3, 0.4) is 0 Å². The SMILES string of the molecule is CCC(C(=O)N1CCCC(c2c(S(C)(=O)=O)cnc3ncnn23)C1)c1ccccc1. The minimum Gasteiger partial charge on any atom is -0.341 e. The van der Waals surface area contributed by atoms with E-state index in [1.807, 2.05) is 42.2 Å². The van der Waals surface area contributed by atoms with Crippen molar-refractivity contribution in [2.75, 3.05) is 19.3 Å². The molecule has 0 N–H and O–H groups in total. The van der Waals surface area contributed by atoms with Crippen LogP contribution in [0.5, 0.6) is 0 Å². The molecule has 2 atom stereocenters. The molecule has 0 spiro atoms. The van der Waals surface area contributed by atoms with E-state index in [0.29, 0.717) is 31.0 Å². The fraction of sp³-hybridized carbons (Fsp3) is 0.429. The molecule has 9 heteroatoms. The van der Waals surface area contributed by atoms with Crippen molar-refractivity contribution in [1.82, 2.24) is 24.5 Å². The molecule has 2 unspecified atom stereocenters. The van der Waals surface area contributed by atoms with E-state index in [1.54, 1.807) is 0 Å². The molecule has 8 nitrogen and oxygen atoms in total. The third-order valence-electron chi connectivity index (χ3n) is 5.74. The van der Waals surface area contributed by atoms with Gasteiger partial charge in [-0.05, 0) is 24.8 Å². The van der Waals surface area contributed by atoms with Gasteiger partial charge in [0.2, 0.25) is 5.91 Å². The van der Waals surface area contributed by atoms with Crippen LogP contribution in [0.2, 0.25) is 0 Å². The molecular weight excluding hydrogens is 402 g/mol. The molecule has 158 valence electrons. The highest BCUT2D eigenvalue weighted by atomic mass is 32.2. The van der Waals surface area contributed by atoms with E-state index >= 15 is 0 Å². The molecule has 1 fully saturated rings. The second-order valence-electron chi connectivity index (χ2n) is 7.75. The predicted octanol–water partition coefficient (Wildman–Crippen LogP) is 2.43. The highest BCUT2D eigenvalue weighted by Gasteiger charge is 2.33. The average molecular weight is 428 g/mol. The van der Waals surface area contributed by atoms with Crippen LogP contribution in [0.4, 0.5) is 0 Å². The number of carbonyl (C=O) groups is 1. The number of fused-ring (bicyclic) bond motifs is 1. The molecule has 30 heavy (non-hydrogen) atoms. The molecule has 1 aliphatic heterocycles. The van der Waals surface area contributed by atoms with Gasteiger partial charge in [-0.2, -0.15) is 14.6 Å². The highest BCUT2D eigenvalue weighted by molar-refractivity contribution is 7.90. The molecule has 1 saturated heterocycles. The lowest BCUT2D eigenvalue weighted by Crippen LogP contribution is -2.42. The standard InChI is InChI=1S/C21H25N5O3S/c1-3-17(15-8-5-4-6-9-15)20(27)25-11-7-10-16(13-25)19-18(30(2,28)29)12-22-21-23-14-24-26(19)21/h4-6,8-9,12,14,16-17H,3,7,10-11,13H2,1-2H3. The number of aromatic nitrogens is 4. The van der Waals surface area contributed by atoms with Gasteiger partial charge in [-0.3, -0.25) is 4.79 Å². The Morgan fingerprint density at radius 2 is 2.00 bits per heavy atom. The molecule has 0 saturated carbocycles. The molecule has 1 amide bonds. The summed E-state index contributed by atoms with van der Waals surface area (Å²) in [6.07, 6.45) is 6.17. The fourth-order valence-electron chi connectivity index (χ4n) is 4.30. The predicted molar refractivity (Wildman–Crippen MR) is 112 cm³/mol. The van der Waals surface area contributed by atoms with E-state index in [9.17, 15) is 13.2 Å². The normalized spacial score (nSPS) is 18.5. The second kappa shape index (κ2) is 8.14. The lowest BCUT2D eigenvalue weighted by atomic mass is 9.90. The molecule has 1 aromatic carbocycles. The van der Waals surface area contributed by atoms with Gasteiger partial charge in [0.25, 0.3) is 5.78 Å². The Labute approximate surface area is 175 Å². The Morgan fingerprint density at radius 1 is 1.23 bits per heavy atom. The zero-order chi connectivity index (χ0) is 21.3. The number of hydrogen-bond acceptors (Lipinski definition) is 6. The van der Waals surface area contributed by atoms with Crippen molar-refractivity contribution in [2.24, 2.45) is 0 Å². The third-order valence-corrected chi connectivity index (χ3v) is 6.85. The van der Waals surface area contributed by atoms with Crippen molar-refractivity contribution in [1.29, 1.82) is 0 Å². The van der Waals surface area contributed by atoms with Gasteiger partial charge >= 0.3 is 0 Å². The maximum Gasteiger partial charge on any atom is 0.252 e. The molecule has 0 radical (unpaired) electrons. The minimum atomic E-state index is -3.51. The van der Waals surface area contributed by atoms with Crippen LogP contribution in [-0.2, 0) is 14.6 Å². The molecule has 1 aliphatic rings. The number of sulfone groups is 1. The van der Waals surface area contributed by atoms with Crippen molar-refractivity contribution >= 4 is 21.5 Å². The number of carbonyl (C=O) groups excluding carboxylic acids is 1. The molecule has 3 aromatic rings. The summed E-state index contributed by atoms with van der Waals surface area (Å²) in [6, 6.07) is 9.80. The summed E-state index contributed by atoms with van der Waals surface area (Å²) in [4.78, 5) is 23.6. The van der Waals surface area contributed by atoms with Crippen molar-refractivity contribution in [3.05, 3.63) is 54.1 Å². The summed E-state index contributed by atoms with van der Waals surface area (Å²) in [5.74, 6) is 0.0748. The Balaban J connectivity index is 1.68. The van der Waals surface area contributed by atoms with Crippen molar-refractivity contribution in [3.8, 4) is 0 Å². The molecule has 0 aliphatic carbocycles. The summed E-state index contributed by atoms with van der Waals surface area (Å²) < 4.78 is 26.4. The molecule has 4 rings (SSSR count). The topological polar surface area (TPSA) is 97.5 Å². The molecule has 0 bridgehead atoms. The van der Waals surface area contributed by atoms with E-state index in [4.69, 9.17) is 0 Å². The van der Waals surface area contributed by atoms with Crippen molar-refractivity contribution in [2.45, 2.75) is 42.9 Å². The Bertz CT molecular complexity index is 1160. The number of rotatable bonds is 5. The summed E-state index contributed by atoms with van der Waals surface area (Å²) in [7, 11) is -3.51. The zero-order valence-corrected chi connectivity index (χ0v) is 17.9. The van der Waals surface area contributed by atoms with E-state index in [1.165, 1.54) is 23.3 Å². The average Bonchev–Trinajstić information content (AvgIpc) is 3.22. The Morgan fingerprint density at radius 3 is 2.70 bits per heavy atom. The number of likely N-dealkylation sites (tertiary alicyclic amines) is 1. The third kappa shape index (κ3) is 3.81. The maximum absolute atomic E-state index is 13.4. The first kappa shape index (κ1) is 20.5. The number of piperidine rings is 1. The molecular formula is C21H25N5O3S. The largest absolute Gasteiger partial charge is 0.341 e. The fourth-order valence-corrected chi connectivity index (χ4v) is 5.18. The first-order valence-corrected chi connectivity index (χ1v) is 12.0. The lowest BCUT2D eigenvalue weighted by Gasteiger charge is -2.35. The number of nitrogens with zero attached hydrogens (tertiary/aromatic N) is 5. The van der Waals surface area contributed by atoms with Gasteiger partial charge < -0.3 is 4.90 Å². The number of hydrogen-bond donors (Lipinski definition) is 0. The number of benzene rings is 1. The van der Waals surface area contributed by atoms with Gasteiger partial charge in [-0.1, -0.05) is 37.3 Å².